The predicted molar refractivity (Wildman–Crippen MR) is 91.8 cm³/mol. The first-order chi connectivity index (χ1) is 11.3. The molecule has 0 amide bonds. The Morgan fingerprint density at radius 1 is 1.21 bits per heavy atom. The van der Waals surface area contributed by atoms with Crippen molar-refractivity contribution in [3.8, 4) is 17.0 Å². The van der Waals surface area contributed by atoms with Gasteiger partial charge in [-0.1, -0.05) is 38.1 Å². The quantitative estimate of drug-likeness (QED) is 0.603. The number of nitrogens with two attached hydrogens (primary N) is 1. The molecule has 0 atom stereocenters. The van der Waals surface area contributed by atoms with Gasteiger partial charge in [0.25, 0.3) is 0 Å². The van der Waals surface area contributed by atoms with Gasteiger partial charge < -0.3 is 15.2 Å². The summed E-state index contributed by atoms with van der Waals surface area (Å²) in [4.78, 5) is 4.07. The van der Waals surface area contributed by atoms with Crippen LogP contribution in [0.4, 0.5) is 4.39 Å². The van der Waals surface area contributed by atoms with Gasteiger partial charge in [0.15, 0.2) is 5.82 Å². The summed E-state index contributed by atoms with van der Waals surface area (Å²) in [5.74, 6) is -0.548. The predicted octanol–water partition coefficient (Wildman–Crippen LogP) is 3.22. The second kappa shape index (κ2) is 7.40. The van der Waals surface area contributed by atoms with Crippen LogP contribution in [0.2, 0.25) is 0 Å². The number of nitrogens with zero attached hydrogens (tertiary/aromatic N) is 1. The standard InChI is InChI=1S/C18H22FN3O2/c1-18(2,10-23-3)11-24-17-15(19)8-14(9-22-17)12-4-6-13(7-5-12)16(20)21/h4-9H,10-11H2,1-3H3,(H3,20,21). The second-order valence-corrected chi connectivity index (χ2v) is 6.39. The average molecular weight is 331 g/mol. The van der Waals surface area contributed by atoms with Gasteiger partial charge in [-0.25, -0.2) is 9.37 Å². The van der Waals surface area contributed by atoms with E-state index < -0.39 is 5.82 Å². The summed E-state index contributed by atoms with van der Waals surface area (Å²) >= 11 is 0. The molecule has 0 bridgehead atoms. The lowest BCUT2D eigenvalue weighted by molar-refractivity contribution is 0.0613. The molecule has 1 aromatic carbocycles. The first kappa shape index (κ1) is 17.9. The topological polar surface area (TPSA) is 81.2 Å². The summed E-state index contributed by atoms with van der Waals surface area (Å²) < 4.78 is 24.8. The van der Waals surface area contributed by atoms with Crippen LogP contribution in [0, 0.1) is 16.6 Å². The zero-order valence-corrected chi connectivity index (χ0v) is 14.1. The molecule has 1 aromatic heterocycles. The van der Waals surface area contributed by atoms with Crippen molar-refractivity contribution in [1.82, 2.24) is 4.98 Å². The number of amidine groups is 1. The Balaban J connectivity index is 2.13. The van der Waals surface area contributed by atoms with E-state index in [9.17, 15) is 4.39 Å². The van der Waals surface area contributed by atoms with Gasteiger partial charge in [0.05, 0.1) is 13.2 Å². The molecular formula is C18H22FN3O2. The lowest BCUT2D eigenvalue weighted by Crippen LogP contribution is -2.27. The summed E-state index contributed by atoms with van der Waals surface area (Å²) in [5.41, 5.74) is 7.23. The molecule has 24 heavy (non-hydrogen) atoms. The molecule has 0 aliphatic rings. The molecule has 0 aliphatic heterocycles. The average Bonchev–Trinajstić information content (AvgIpc) is 2.53. The van der Waals surface area contributed by atoms with E-state index in [0.717, 1.165) is 5.56 Å². The third kappa shape index (κ3) is 4.52. The van der Waals surface area contributed by atoms with E-state index in [1.54, 1.807) is 37.6 Å². The Labute approximate surface area is 141 Å². The highest BCUT2D eigenvalue weighted by Gasteiger charge is 2.20. The summed E-state index contributed by atoms with van der Waals surface area (Å²) in [6.45, 7) is 4.76. The van der Waals surface area contributed by atoms with Gasteiger partial charge in [-0.05, 0) is 11.6 Å². The molecule has 0 saturated carbocycles. The number of methoxy groups -OCH3 is 1. The number of ether oxygens (including phenoxy) is 2. The minimum atomic E-state index is -0.517. The smallest absolute Gasteiger partial charge is 0.250 e. The van der Waals surface area contributed by atoms with Crippen molar-refractivity contribution in [1.29, 1.82) is 5.41 Å². The number of nitrogens with one attached hydrogen (secondary N) is 1. The fraction of sp³-hybridized carbons (Fsp3) is 0.333. The van der Waals surface area contributed by atoms with Gasteiger partial charge in [0, 0.05) is 29.8 Å². The molecule has 1 heterocycles. The number of pyridine rings is 1. The minimum Gasteiger partial charge on any atom is -0.475 e. The Morgan fingerprint density at radius 2 is 1.88 bits per heavy atom. The molecule has 0 fully saturated rings. The van der Waals surface area contributed by atoms with Crippen molar-refractivity contribution >= 4 is 5.84 Å². The van der Waals surface area contributed by atoms with Gasteiger partial charge in [-0.15, -0.1) is 0 Å². The maximum Gasteiger partial charge on any atom is 0.250 e. The van der Waals surface area contributed by atoms with Crippen LogP contribution in [-0.2, 0) is 4.74 Å². The molecule has 0 saturated heterocycles. The van der Waals surface area contributed by atoms with Gasteiger partial charge >= 0.3 is 0 Å². The minimum absolute atomic E-state index is 0.00623. The van der Waals surface area contributed by atoms with Crippen LogP contribution in [0.15, 0.2) is 36.5 Å². The highest BCUT2D eigenvalue weighted by atomic mass is 19.1. The second-order valence-electron chi connectivity index (χ2n) is 6.39. The van der Waals surface area contributed by atoms with E-state index in [1.807, 2.05) is 13.8 Å². The van der Waals surface area contributed by atoms with Crippen LogP contribution in [0.1, 0.15) is 19.4 Å². The fourth-order valence-corrected chi connectivity index (χ4v) is 2.23. The lowest BCUT2D eigenvalue weighted by Gasteiger charge is -2.23. The van der Waals surface area contributed by atoms with E-state index in [1.165, 1.54) is 6.07 Å². The first-order valence-corrected chi connectivity index (χ1v) is 7.54. The number of halogens is 1. The zero-order valence-electron chi connectivity index (χ0n) is 14.1. The number of nitrogen functional groups attached to an aromatic ring is 1. The van der Waals surface area contributed by atoms with Crippen LogP contribution in [0.25, 0.3) is 11.1 Å². The maximum absolute atomic E-state index is 14.2. The normalized spacial score (nSPS) is 11.3. The SMILES string of the molecule is COCC(C)(C)COc1ncc(-c2ccc(C(=N)N)cc2)cc1F. The zero-order chi connectivity index (χ0) is 17.7. The molecule has 3 N–H and O–H groups in total. The summed E-state index contributed by atoms with van der Waals surface area (Å²) in [6, 6.07) is 8.36. The van der Waals surface area contributed by atoms with E-state index in [0.29, 0.717) is 24.3 Å². The Hall–Kier alpha value is -2.47. The number of rotatable bonds is 7. The lowest BCUT2D eigenvalue weighted by atomic mass is 9.96. The fourth-order valence-electron chi connectivity index (χ4n) is 2.23. The molecule has 128 valence electrons. The van der Waals surface area contributed by atoms with E-state index in [4.69, 9.17) is 20.6 Å². The third-order valence-corrected chi connectivity index (χ3v) is 3.47. The molecule has 2 rings (SSSR count). The van der Waals surface area contributed by atoms with Crippen LogP contribution in [0.5, 0.6) is 5.88 Å². The largest absolute Gasteiger partial charge is 0.475 e. The monoisotopic (exact) mass is 331 g/mol. The summed E-state index contributed by atoms with van der Waals surface area (Å²) in [6.07, 6.45) is 1.56. The third-order valence-electron chi connectivity index (χ3n) is 3.47. The summed E-state index contributed by atoms with van der Waals surface area (Å²) in [5, 5.41) is 7.38. The number of benzene rings is 1. The van der Waals surface area contributed by atoms with Gasteiger partial charge in [-0.3, -0.25) is 5.41 Å². The van der Waals surface area contributed by atoms with Crippen molar-refractivity contribution < 1.29 is 13.9 Å². The molecule has 2 aromatic rings. The van der Waals surface area contributed by atoms with Crippen molar-refractivity contribution in [3.63, 3.8) is 0 Å². The molecule has 0 unspecified atom stereocenters. The van der Waals surface area contributed by atoms with Crippen molar-refractivity contribution in [2.75, 3.05) is 20.3 Å². The van der Waals surface area contributed by atoms with Crippen LogP contribution in [0.3, 0.4) is 0 Å². The molecule has 0 spiro atoms. The number of hydrogen-bond donors (Lipinski definition) is 2. The van der Waals surface area contributed by atoms with Crippen molar-refractivity contribution in [3.05, 3.63) is 47.9 Å². The van der Waals surface area contributed by atoms with Crippen LogP contribution in [-0.4, -0.2) is 31.1 Å². The molecule has 6 heteroatoms. The number of aromatic nitrogens is 1. The maximum atomic E-state index is 14.2. The van der Waals surface area contributed by atoms with Gasteiger partial charge in [0.1, 0.15) is 5.84 Å². The van der Waals surface area contributed by atoms with E-state index in [2.05, 4.69) is 4.98 Å². The van der Waals surface area contributed by atoms with E-state index in [-0.39, 0.29) is 17.1 Å². The van der Waals surface area contributed by atoms with Crippen molar-refractivity contribution in [2.24, 2.45) is 11.1 Å². The highest BCUT2D eigenvalue weighted by molar-refractivity contribution is 5.95. The van der Waals surface area contributed by atoms with Gasteiger partial charge in [-0.2, -0.15) is 0 Å². The Bertz CT molecular complexity index is 715. The van der Waals surface area contributed by atoms with Crippen LogP contribution >= 0.6 is 0 Å². The van der Waals surface area contributed by atoms with Crippen molar-refractivity contribution in [2.45, 2.75) is 13.8 Å². The molecule has 5 nitrogen and oxygen atoms in total. The molecular weight excluding hydrogens is 309 g/mol. The molecule has 0 aliphatic carbocycles. The summed E-state index contributed by atoms with van der Waals surface area (Å²) in [7, 11) is 1.62. The number of hydrogen-bond acceptors (Lipinski definition) is 4. The Morgan fingerprint density at radius 3 is 2.42 bits per heavy atom. The molecule has 0 radical (unpaired) electrons. The Kier molecular flexibility index (Phi) is 5.51. The van der Waals surface area contributed by atoms with E-state index >= 15 is 0 Å². The highest BCUT2D eigenvalue weighted by Crippen LogP contribution is 2.25. The first-order valence-electron chi connectivity index (χ1n) is 7.54. The van der Waals surface area contributed by atoms with Crippen LogP contribution < -0.4 is 10.5 Å². The van der Waals surface area contributed by atoms with Gasteiger partial charge in [0.2, 0.25) is 5.88 Å².